The summed E-state index contributed by atoms with van der Waals surface area (Å²) in [6, 6.07) is 20.2. The molecule has 0 unspecified atom stereocenters. The summed E-state index contributed by atoms with van der Waals surface area (Å²) in [7, 11) is 0. The number of hydrogen-bond donors (Lipinski definition) is 2. The van der Waals surface area contributed by atoms with Gasteiger partial charge in [0.1, 0.15) is 13.2 Å². The fourth-order valence-corrected chi connectivity index (χ4v) is 3.84. The first kappa shape index (κ1) is 20.6. The van der Waals surface area contributed by atoms with Crippen molar-refractivity contribution in [2.24, 2.45) is 0 Å². The summed E-state index contributed by atoms with van der Waals surface area (Å²) in [6.45, 7) is 1.44. The standard InChI is InChI=1S/C25H21N3O5/c29-24(30)14-20-19-3-1-2-4-21(19)28(27-20)15-16-5-8-18(9-6-16)26-25(31)17-7-10-22-23(13-17)33-12-11-32-22/h1-10,13H,11-12,14-15H2,(H,26,31)(H,29,30). The first-order valence-corrected chi connectivity index (χ1v) is 10.5. The number of carbonyl (C=O) groups is 2. The van der Waals surface area contributed by atoms with Crippen molar-refractivity contribution >= 4 is 28.5 Å². The van der Waals surface area contributed by atoms with Gasteiger partial charge < -0.3 is 19.9 Å². The number of benzene rings is 3. The molecule has 2 heterocycles. The summed E-state index contributed by atoms with van der Waals surface area (Å²) in [5, 5.41) is 17.4. The van der Waals surface area contributed by atoms with Gasteiger partial charge in [0.15, 0.2) is 11.5 Å². The second-order valence-corrected chi connectivity index (χ2v) is 7.70. The molecule has 0 bridgehead atoms. The zero-order chi connectivity index (χ0) is 22.8. The van der Waals surface area contributed by atoms with Crippen LogP contribution >= 0.6 is 0 Å². The lowest BCUT2D eigenvalue weighted by atomic mass is 10.1. The van der Waals surface area contributed by atoms with Crippen LogP contribution in [0.3, 0.4) is 0 Å². The number of ether oxygens (including phenoxy) is 2. The van der Waals surface area contributed by atoms with Crippen LogP contribution in [0.15, 0.2) is 66.7 Å². The summed E-state index contributed by atoms with van der Waals surface area (Å²) >= 11 is 0. The second-order valence-electron chi connectivity index (χ2n) is 7.70. The van der Waals surface area contributed by atoms with E-state index in [1.165, 1.54) is 0 Å². The number of amides is 1. The number of nitrogens with zero attached hydrogens (tertiary/aromatic N) is 2. The Morgan fingerprint density at radius 2 is 1.73 bits per heavy atom. The molecule has 0 fully saturated rings. The Bertz CT molecular complexity index is 1340. The predicted molar refractivity (Wildman–Crippen MR) is 122 cm³/mol. The van der Waals surface area contributed by atoms with E-state index in [1.54, 1.807) is 22.9 Å². The normalized spacial score (nSPS) is 12.5. The average molecular weight is 443 g/mol. The minimum absolute atomic E-state index is 0.127. The van der Waals surface area contributed by atoms with E-state index in [0.29, 0.717) is 48.2 Å². The molecule has 166 valence electrons. The van der Waals surface area contributed by atoms with Crippen molar-refractivity contribution in [1.29, 1.82) is 0 Å². The summed E-state index contributed by atoms with van der Waals surface area (Å²) in [6.07, 6.45) is -0.127. The number of para-hydroxylation sites is 1. The number of aromatic nitrogens is 2. The van der Waals surface area contributed by atoms with E-state index >= 15 is 0 Å². The third-order valence-corrected chi connectivity index (χ3v) is 5.40. The van der Waals surface area contributed by atoms with E-state index in [9.17, 15) is 14.7 Å². The molecule has 8 nitrogen and oxygen atoms in total. The Hall–Kier alpha value is -4.33. The van der Waals surface area contributed by atoms with Crippen molar-refractivity contribution < 1.29 is 24.2 Å². The molecular weight excluding hydrogens is 422 g/mol. The molecular formula is C25H21N3O5. The molecule has 0 atom stereocenters. The smallest absolute Gasteiger partial charge is 0.309 e. The number of rotatable bonds is 6. The lowest BCUT2D eigenvalue weighted by molar-refractivity contribution is -0.136. The van der Waals surface area contributed by atoms with Gasteiger partial charge >= 0.3 is 5.97 Å². The third kappa shape index (κ3) is 4.36. The van der Waals surface area contributed by atoms with Crippen LogP contribution in [0, 0.1) is 0 Å². The van der Waals surface area contributed by atoms with Gasteiger partial charge in [0.25, 0.3) is 5.91 Å². The number of nitrogens with one attached hydrogen (secondary N) is 1. The highest BCUT2D eigenvalue weighted by Crippen LogP contribution is 2.31. The highest BCUT2D eigenvalue weighted by Gasteiger charge is 2.16. The minimum atomic E-state index is -0.913. The van der Waals surface area contributed by atoms with Crippen LogP contribution in [0.25, 0.3) is 10.9 Å². The van der Waals surface area contributed by atoms with Gasteiger partial charge in [0.05, 0.1) is 24.2 Å². The molecule has 0 saturated heterocycles. The van der Waals surface area contributed by atoms with Crippen LogP contribution in [0.2, 0.25) is 0 Å². The number of carboxylic acid groups (broad SMARTS) is 1. The largest absolute Gasteiger partial charge is 0.486 e. The molecule has 3 aromatic carbocycles. The Labute approximate surface area is 189 Å². The van der Waals surface area contributed by atoms with Crippen LogP contribution in [0.4, 0.5) is 5.69 Å². The van der Waals surface area contributed by atoms with Crippen LogP contribution < -0.4 is 14.8 Å². The molecule has 2 N–H and O–H groups in total. The highest BCUT2D eigenvalue weighted by molar-refractivity contribution is 6.04. The highest BCUT2D eigenvalue weighted by atomic mass is 16.6. The van der Waals surface area contributed by atoms with Crippen molar-refractivity contribution in [2.45, 2.75) is 13.0 Å². The maximum Gasteiger partial charge on any atom is 0.309 e. The second kappa shape index (κ2) is 8.66. The van der Waals surface area contributed by atoms with Gasteiger partial charge in [-0.15, -0.1) is 0 Å². The molecule has 0 spiro atoms. The number of carbonyl (C=O) groups excluding carboxylic acids is 1. The third-order valence-electron chi connectivity index (χ3n) is 5.40. The van der Waals surface area contributed by atoms with E-state index in [1.807, 2.05) is 48.5 Å². The van der Waals surface area contributed by atoms with Gasteiger partial charge in [-0.1, -0.05) is 30.3 Å². The maximum absolute atomic E-state index is 12.6. The number of carboxylic acids is 1. The van der Waals surface area contributed by atoms with E-state index in [4.69, 9.17) is 9.47 Å². The zero-order valence-corrected chi connectivity index (χ0v) is 17.7. The number of fused-ring (bicyclic) bond motifs is 2. The van der Waals surface area contributed by atoms with Gasteiger partial charge in [0, 0.05) is 16.6 Å². The summed E-state index contributed by atoms with van der Waals surface area (Å²) in [5.74, 6) is 0.0531. The van der Waals surface area contributed by atoms with Gasteiger partial charge in [-0.05, 0) is 42.0 Å². The summed E-state index contributed by atoms with van der Waals surface area (Å²) in [4.78, 5) is 23.8. The van der Waals surface area contributed by atoms with Crippen molar-refractivity contribution in [3.63, 3.8) is 0 Å². The first-order valence-electron chi connectivity index (χ1n) is 10.5. The van der Waals surface area contributed by atoms with Crippen molar-refractivity contribution in [3.8, 4) is 11.5 Å². The lowest BCUT2D eigenvalue weighted by Gasteiger charge is -2.18. The van der Waals surface area contributed by atoms with Crippen LogP contribution in [-0.2, 0) is 17.8 Å². The average Bonchev–Trinajstić information content (AvgIpc) is 3.16. The van der Waals surface area contributed by atoms with Crippen molar-refractivity contribution in [3.05, 3.63) is 83.6 Å². The quantitative estimate of drug-likeness (QED) is 0.471. The fraction of sp³-hybridized carbons (Fsp3) is 0.160. The molecule has 0 saturated carbocycles. The number of anilines is 1. The van der Waals surface area contributed by atoms with Crippen LogP contribution in [0.1, 0.15) is 21.6 Å². The first-order chi connectivity index (χ1) is 16.1. The van der Waals surface area contributed by atoms with E-state index in [-0.39, 0.29) is 12.3 Å². The summed E-state index contributed by atoms with van der Waals surface area (Å²) in [5.41, 5.74) is 3.54. The molecule has 1 aliphatic rings. The van der Waals surface area contributed by atoms with Gasteiger partial charge in [0.2, 0.25) is 0 Å². The Morgan fingerprint density at radius 1 is 0.970 bits per heavy atom. The monoisotopic (exact) mass is 443 g/mol. The molecule has 33 heavy (non-hydrogen) atoms. The van der Waals surface area contributed by atoms with E-state index < -0.39 is 5.97 Å². The molecule has 8 heteroatoms. The van der Waals surface area contributed by atoms with E-state index in [2.05, 4.69) is 10.4 Å². The Morgan fingerprint density at radius 3 is 2.52 bits per heavy atom. The van der Waals surface area contributed by atoms with Gasteiger partial charge in [-0.3, -0.25) is 14.3 Å². The molecule has 0 aliphatic carbocycles. The maximum atomic E-state index is 12.6. The predicted octanol–water partition coefficient (Wildman–Crippen LogP) is 3.74. The van der Waals surface area contributed by atoms with Gasteiger partial charge in [-0.2, -0.15) is 5.10 Å². The van der Waals surface area contributed by atoms with Gasteiger partial charge in [-0.25, -0.2) is 0 Å². The molecule has 4 aromatic rings. The topological polar surface area (TPSA) is 103 Å². The van der Waals surface area contributed by atoms with E-state index in [0.717, 1.165) is 16.5 Å². The number of hydrogen-bond acceptors (Lipinski definition) is 5. The molecule has 1 aromatic heterocycles. The Kier molecular flexibility index (Phi) is 5.40. The zero-order valence-electron chi connectivity index (χ0n) is 17.7. The van der Waals surface area contributed by atoms with Crippen molar-refractivity contribution in [2.75, 3.05) is 18.5 Å². The molecule has 0 radical (unpaired) electrons. The molecule has 1 aliphatic heterocycles. The molecule has 5 rings (SSSR count). The minimum Gasteiger partial charge on any atom is -0.486 e. The van der Waals surface area contributed by atoms with Crippen LogP contribution in [-0.4, -0.2) is 40.0 Å². The number of aliphatic carboxylic acids is 1. The fourth-order valence-electron chi connectivity index (χ4n) is 3.84. The molecule has 1 amide bonds. The summed E-state index contributed by atoms with van der Waals surface area (Å²) < 4.78 is 12.8. The Balaban J connectivity index is 1.30. The van der Waals surface area contributed by atoms with Crippen molar-refractivity contribution in [1.82, 2.24) is 9.78 Å². The van der Waals surface area contributed by atoms with Crippen LogP contribution in [0.5, 0.6) is 11.5 Å². The lowest BCUT2D eigenvalue weighted by Crippen LogP contribution is -2.17. The SMILES string of the molecule is O=C(O)Cc1nn(Cc2ccc(NC(=O)c3ccc4c(c3)OCCO4)cc2)c2ccccc12.